The average molecular weight is 417 g/mol. The highest BCUT2D eigenvalue weighted by molar-refractivity contribution is 7.22. The third-order valence-electron chi connectivity index (χ3n) is 4.79. The molecule has 7 heteroatoms. The number of fused-ring (bicyclic) bond motifs is 1. The van der Waals surface area contributed by atoms with E-state index in [1.807, 2.05) is 37.3 Å². The van der Waals surface area contributed by atoms with Gasteiger partial charge in [-0.3, -0.25) is 19.0 Å². The van der Waals surface area contributed by atoms with Crippen LogP contribution < -0.4 is 10.9 Å². The second-order valence-corrected chi connectivity index (χ2v) is 7.96. The molecule has 1 N–H and O–H groups in total. The number of aromatic nitrogens is 2. The van der Waals surface area contributed by atoms with E-state index in [-0.39, 0.29) is 23.8 Å². The SMILES string of the molecule is CC(=O)Nc1ccc(C(=O)Cn2cnc3sc(-c4ccccc4)c(C)c3c2=O)cc1. The summed E-state index contributed by atoms with van der Waals surface area (Å²) in [6.07, 6.45) is 1.43. The summed E-state index contributed by atoms with van der Waals surface area (Å²) < 4.78 is 1.35. The fourth-order valence-electron chi connectivity index (χ4n) is 3.33. The van der Waals surface area contributed by atoms with Gasteiger partial charge in [0.2, 0.25) is 5.91 Å². The van der Waals surface area contributed by atoms with Crippen LogP contribution in [0.15, 0.2) is 65.7 Å². The van der Waals surface area contributed by atoms with Crippen molar-refractivity contribution >= 4 is 38.9 Å². The normalized spacial score (nSPS) is 10.9. The molecule has 30 heavy (non-hydrogen) atoms. The van der Waals surface area contributed by atoms with Crippen molar-refractivity contribution in [2.45, 2.75) is 20.4 Å². The zero-order valence-electron chi connectivity index (χ0n) is 16.5. The zero-order valence-corrected chi connectivity index (χ0v) is 17.3. The third-order valence-corrected chi connectivity index (χ3v) is 6.04. The lowest BCUT2D eigenvalue weighted by atomic mass is 10.1. The van der Waals surface area contributed by atoms with Gasteiger partial charge in [-0.15, -0.1) is 11.3 Å². The van der Waals surface area contributed by atoms with Crippen LogP contribution in [0, 0.1) is 6.92 Å². The monoisotopic (exact) mass is 417 g/mol. The first kappa shape index (κ1) is 19.7. The third kappa shape index (κ3) is 3.79. The molecular weight excluding hydrogens is 398 g/mol. The van der Waals surface area contributed by atoms with Crippen molar-refractivity contribution < 1.29 is 9.59 Å². The number of anilines is 1. The van der Waals surface area contributed by atoms with E-state index in [0.717, 1.165) is 16.0 Å². The van der Waals surface area contributed by atoms with Crippen LogP contribution in [-0.2, 0) is 11.3 Å². The van der Waals surface area contributed by atoms with E-state index >= 15 is 0 Å². The number of amides is 1. The fraction of sp³-hybridized carbons (Fsp3) is 0.130. The quantitative estimate of drug-likeness (QED) is 0.492. The van der Waals surface area contributed by atoms with Crippen LogP contribution >= 0.6 is 11.3 Å². The zero-order chi connectivity index (χ0) is 21.3. The summed E-state index contributed by atoms with van der Waals surface area (Å²) in [4.78, 5) is 43.0. The van der Waals surface area contributed by atoms with E-state index in [1.165, 1.54) is 29.2 Å². The van der Waals surface area contributed by atoms with Gasteiger partial charge in [0.05, 0.1) is 18.3 Å². The number of nitrogens with one attached hydrogen (secondary N) is 1. The highest BCUT2D eigenvalue weighted by atomic mass is 32.1. The van der Waals surface area contributed by atoms with Crippen molar-refractivity contribution in [1.29, 1.82) is 0 Å². The highest BCUT2D eigenvalue weighted by Crippen LogP contribution is 2.35. The number of carbonyl (C=O) groups excluding carboxylic acids is 2. The lowest BCUT2D eigenvalue weighted by molar-refractivity contribution is -0.114. The predicted octanol–water partition coefficient (Wildman–Crippen LogP) is 4.27. The lowest BCUT2D eigenvalue weighted by Gasteiger charge is -2.06. The number of aryl methyl sites for hydroxylation is 1. The van der Waals surface area contributed by atoms with Crippen LogP contribution in [0.2, 0.25) is 0 Å². The summed E-state index contributed by atoms with van der Waals surface area (Å²) in [5, 5.41) is 3.21. The maximum atomic E-state index is 13.1. The molecule has 4 rings (SSSR count). The molecule has 0 saturated heterocycles. The van der Waals surface area contributed by atoms with Crippen molar-refractivity contribution in [3.05, 3.63) is 82.4 Å². The largest absolute Gasteiger partial charge is 0.326 e. The number of thiophene rings is 1. The Morgan fingerprint density at radius 2 is 1.77 bits per heavy atom. The number of nitrogens with zero attached hydrogens (tertiary/aromatic N) is 2. The number of Topliss-reactive ketones (excluding diaryl/α,β-unsaturated/α-hetero) is 1. The van der Waals surface area contributed by atoms with Crippen LogP contribution in [-0.4, -0.2) is 21.2 Å². The summed E-state index contributed by atoms with van der Waals surface area (Å²) in [5.74, 6) is -0.384. The highest BCUT2D eigenvalue weighted by Gasteiger charge is 2.17. The first-order valence-corrected chi connectivity index (χ1v) is 10.2. The second-order valence-electron chi connectivity index (χ2n) is 6.96. The molecule has 6 nitrogen and oxygen atoms in total. The lowest BCUT2D eigenvalue weighted by Crippen LogP contribution is -2.24. The van der Waals surface area contributed by atoms with Gasteiger partial charge in [-0.2, -0.15) is 0 Å². The molecule has 0 aliphatic rings. The van der Waals surface area contributed by atoms with E-state index in [4.69, 9.17) is 0 Å². The Hall–Kier alpha value is -3.58. The molecule has 150 valence electrons. The van der Waals surface area contributed by atoms with E-state index < -0.39 is 0 Å². The van der Waals surface area contributed by atoms with Gasteiger partial charge in [-0.1, -0.05) is 30.3 Å². The number of hydrogen-bond donors (Lipinski definition) is 1. The number of ketones is 1. The molecular formula is C23H19N3O3S. The Morgan fingerprint density at radius 3 is 2.43 bits per heavy atom. The van der Waals surface area contributed by atoms with Crippen molar-refractivity contribution in [1.82, 2.24) is 9.55 Å². The Kier molecular flexibility index (Phi) is 5.29. The molecule has 2 aromatic carbocycles. The first-order valence-electron chi connectivity index (χ1n) is 9.39. The van der Waals surface area contributed by atoms with Gasteiger partial charge in [0.15, 0.2) is 5.78 Å². The Morgan fingerprint density at radius 1 is 1.07 bits per heavy atom. The van der Waals surface area contributed by atoms with E-state index in [1.54, 1.807) is 24.3 Å². The average Bonchev–Trinajstić information content (AvgIpc) is 3.08. The number of rotatable bonds is 5. The topological polar surface area (TPSA) is 81.1 Å². The van der Waals surface area contributed by atoms with E-state index in [9.17, 15) is 14.4 Å². The summed E-state index contributed by atoms with van der Waals surface area (Å²) in [7, 11) is 0. The summed E-state index contributed by atoms with van der Waals surface area (Å²) in [6.45, 7) is 3.23. The molecule has 0 radical (unpaired) electrons. The molecule has 0 spiro atoms. The van der Waals surface area contributed by atoms with Gasteiger partial charge in [0.1, 0.15) is 4.83 Å². The van der Waals surface area contributed by atoms with Crippen molar-refractivity contribution in [2.24, 2.45) is 0 Å². The maximum absolute atomic E-state index is 13.1. The van der Waals surface area contributed by atoms with E-state index in [0.29, 0.717) is 21.5 Å². The summed E-state index contributed by atoms with van der Waals surface area (Å²) in [5.41, 5.74) is 2.77. The molecule has 0 fully saturated rings. The molecule has 1 amide bonds. The van der Waals surface area contributed by atoms with Gasteiger partial charge in [0, 0.05) is 23.1 Å². The molecule has 2 heterocycles. The predicted molar refractivity (Wildman–Crippen MR) is 119 cm³/mol. The Balaban J connectivity index is 1.64. The molecule has 0 aliphatic carbocycles. The van der Waals surface area contributed by atoms with Gasteiger partial charge < -0.3 is 5.32 Å². The maximum Gasteiger partial charge on any atom is 0.262 e. The number of benzene rings is 2. The van der Waals surface area contributed by atoms with Crippen LogP contribution in [0.3, 0.4) is 0 Å². The molecule has 4 aromatic rings. The molecule has 0 unspecified atom stereocenters. The number of carbonyl (C=O) groups is 2. The van der Waals surface area contributed by atoms with Gasteiger partial charge in [-0.25, -0.2) is 4.98 Å². The molecule has 0 saturated carbocycles. The first-order chi connectivity index (χ1) is 14.4. The minimum atomic E-state index is -0.223. The number of hydrogen-bond acceptors (Lipinski definition) is 5. The minimum absolute atomic E-state index is 0.1000. The Bertz CT molecular complexity index is 1310. The van der Waals surface area contributed by atoms with Crippen molar-refractivity contribution in [2.75, 3.05) is 5.32 Å². The fourth-order valence-corrected chi connectivity index (χ4v) is 4.47. The van der Waals surface area contributed by atoms with Crippen LogP contribution in [0.4, 0.5) is 5.69 Å². The summed E-state index contributed by atoms with van der Waals surface area (Å²) in [6, 6.07) is 16.5. The van der Waals surface area contributed by atoms with Crippen molar-refractivity contribution in [3.63, 3.8) is 0 Å². The molecule has 0 bridgehead atoms. The van der Waals surface area contributed by atoms with Crippen LogP contribution in [0.5, 0.6) is 0 Å². The van der Waals surface area contributed by atoms with Gasteiger partial charge in [-0.05, 0) is 42.3 Å². The standard InChI is InChI=1S/C23H19N3O3S/c1-14-20-22(30-21(14)17-6-4-3-5-7-17)24-13-26(23(20)29)12-19(28)16-8-10-18(11-9-16)25-15(2)27/h3-11,13H,12H2,1-2H3,(H,25,27). The van der Waals surface area contributed by atoms with Gasteiger partial charge in [0.25, 0.3) is 5.56 Å². The van der Waals surface area contributed by atoms with Gasteiger partial charge >= 0.3 is 0 Å². The Labute approximate surface area is 176 Å². The summed E-state index contributed by atoms with van der Waals surface area (Å²) >= 11 is 1.48. The molecule has 0 atom stereocenters. The van der Waals surface area contributed by atoms with Crippen molar-refractivity contribution in [3.8, 4) is 10.4 Å². The smallest absolute Gasteiger partial charge is 0.262 e. The van der Waals surface area contributed by atoms with Crippen LogP contribution in [0.1, 0.15) is 22.8 Å². The van der Waals surface area contributed by atoms with E-state index in [2.05, 4.69) is 10.3 Å². The second kappa shape index (κ2) is 8.04. The van der Waals surface area contributed by atoms with Crippen LogP contribution in [0.25, 0.3) is 20.7 Å². The molecule has 2 aromatic heterocycles. The molecule has 0 aliphatic heterocycles. The minimum Gasteiger partial charge on any atom is -0.326 e.